The lowest BCUT2D eigenvalue weighted by Gasteiger charge is -2.04. The smallest absolute Gasteiger partial charge is 0.185 e. The molecule has 0 fully saturated rings. The van der Waals surface area contributed by atoms with Crippen LogP contribution in [0, 0.1) is 0 Å². The van der Waals surface area contributed by atoms with Gasteiger partial charge >= 0.3 is 0 Å². The molecule has 5 nitrogen and oxygen atoms in total. The van der Waals surface area contributed by atoms with Crippen molar-refractivity contribution in [3.05, 3.63) is 11.1 Å². The Hall–Kier alpha value is -0.760. The van der Waals surface area contributed by atoms with Crippen LogP contribution < -0.4 is 16.8 Å². The minimum Gasteiger partial charge on any atom is -0.490 e. The number of nitrogens with zero attached hydrogens (tertiary/aromatic N) is 1. The molecule has 0 aliphatic rings. The lowest BCUT2D eigenvalue weighted by Crippen LogP contribution is -2.38. The number of ether oxygens (including phenoxy) is 1. The Labute approximate surface area is 104 Å². The van der Waals surface area contributed by atoms with Crippen LogP contribution in [-0.4, -0.2) is 23.4 Å². The molecule has 0 aliphatic carbocycles. The Morgan fingerprint density at radius 2 is 2.44 bits per heavy atom. The number of thiazole rings is 1. The van der Waals surface area contributed by atoms with Gasteiger partial charge < -0.3 is 10.1 Å². The van der Waals surface area contributed by atoms with Gasteiger partial charge in [0.05, 0.1) is 12.8 Å². The van der Waals surface area contributed by atoms with Gasteiger partial charge in [-0.3, -0.25) is 11.5 Å². The van der Waals surface area contributed by atoms with E-state index in [1.807, 2.05) is 5.38 Å². The summed E-state index contributed by atoms with van der Waals surface area (Å²) in [5.41, 5.74) is 11.8. The van der Waals surface area contributed by atoms with Crippen LogP contribution in [0.4, 0.5) is 5.13 Å². The van der Waals surface area contributed by atoms with Crippen molar-refractivity contribution in [2.45, 2.75) is 25.6 Å². The first kappa shape index (κ1) is 13.3. The van der Waals surface area contributed by atoms with Gasteiger partial charge in [0, 0.05) is 11.8 Å². The molecule has 1 heterocycles. The standard InChI is InChI=1S/C9H16N4OS2/c1-14-7(15)4-2-3-6-5-16-9(12-6)13-8(10)11/h5,8H,2-4,10-11H2,1H3,(H,12,13). The second kappa shape index (κ2) is 6.74. The quantitative estimate of drug-likeness (QED) is 0.523. The van der Waals surface area contributed by atoms with Gasteiger partial charge in [-0.15, -0.1) is 11.3 Å². The number of thiocarbonyl (C=S) groups is 1. The third-order valence-electron chi connectivity index (χ3n) is 1.88. The van der Waals surface area contributed by atoms with Crippen molar-refractivity contribution in [1.29, 1.82) is 0 Å². The van der Waals surface area contributed by atoms with Gasteiger partial charge in [0.25, 0.3) is 0 Å². The van der Waals surface area contributed by atoms with Crippen LogP contribution in [0.25, 0.3) is 0 Å². The molecule has 5 N–H and O–H groups in total. The molecule has 1 aromatic rings. The number of methoxy groups -OCH3 is 1. The SMILES string of the molecule is COC(=S)CCCc1csc(NC(N)N)n1. The summed E-state index contributed by atoms with van der Waals surface area (Å²) in [6.45, 7) is 0. The molecule has 0 unspecified atom stereocenters. The Morgan fingerprint density at radius 3 is 3.06 bits per heavy atom. The van der Waals surface area contributed by atoms with Crippen molar-refractivity contribution in [3.8, 4) is 0 Å². The van der Waals surface area contributed by atoms with Crippen LogP contribution in [0.5, 0.6) is 0 Å². The second-order valence-electron chi connectivity index (χ2n) is 3.24. The number of nitrogens with one attached hydrogen (secondary N) is 1. The molecule has 16 heavy (non-hydrogen) atoms. The van der Waals surface area contributed by atoms with Crippen molar-refractivity contribution < 1.29 is 4.74 Å². The van der Waals surface area contributed by atoms with E-state index in [4.69, 9.17) is 28.4 Å². The highest BCUT2D eigenvalue weighted by Gasteiger charge is 2.04. The zero-order valence-corrected chi connectivity index (χ0v) is 10.7. The number of hydrogen-bond donors (Lipinski definition) is 3. The minimum absolute atomic E-state index is 0.569. The van der Waals surface area contributed by atoms with Gasteiger partial charge in [-0.1, -0.05) is 0 Å². The molecule has 0 atom stereocenters. The van der Waals surface area contributed by atoms with Gasteiger partial charge in [0.15, 0.2) is 10.2 Å². The van der Waals surface area contributed by atoms with Gasteiger partial charge in [-0.2, -0.15) is 0 Å². The maximum absolute atomic E-state index is 5.39. The molecule has 0 aromatic carbocycles. The van der Waals surface area contributed by atoms with E-state index < -0.39 is 6.29 Å². The van der Waals surface area contributed by atoms with Crippen molar-refractivity contribution >= 4 is 33.7 Å². The first-order valence-corrected chi connectivity index (χ1v) is 6.19. The van der Waals surface area contributed by atoms with Gasteiger partial charge in [-0.25, -0.2) is 4.98 Å². The number of hydrogen-bond acceptors (Lipinski definition) is 7. The molecule has 0 bridgehead atoms. The maximum Gasteiger partial charge on any atom is 0.185 e. The number of nitrogens with two attached hydrogens (primary N) is 2. The average molecular weight is 260 g/mol. The molecule has 1 aromatic heterocycles. The Bertz CT molecular complexity index is 340. The normalized spacial score (nSPS) is 10.5. The topological polar surface area (TPSA) is 86.2 Å². The summed E-state index contributed by atoms with van der Waals surface area (Å²) in [5, 5.41) is 6.22. The Morgan fingerprint density at radius 1 is 1.69 bits per heavy atom. The molecular formula is C9H16N4OS2. The lowest BCUT2D eigenvalue weighted by atomic mass is 10.2. The van der Waals surface area contributed by atoms with Crippen molar-refractivity contribution in [1.82, 2.24) is 4.98 Å². The van der Waals surface area contributed by atoms with E-state index in [1.165, 1.54) is 11.3 Å². The third-order valence-corrected chi connectivity index (χ3v) is 3.08. The number of rotatable bonds is 6. The first-order chi connectivity index (χ1) is 7.61. The fraction of sp³-hybridized carbons (Fsp3) is 0.556. The molecule has 0 spiro atoms. The van der Waals surface area contributed by atoms with Crippen LogP contribution in [0.2, 0.25) is 0 Å². The molecular weight excluding hydrogens is 244 g/mol. The Kier molecular flexibility index (Phi) is 5.61. The first-order valence-electron chi connectivity index (χ1n) is 4.90. The number of aryl methyl sites for hydroxylation is 1. The molecule has 0 saturated carbocycles. The highest BCUT2D eigenvalue weighted by atomic mass is 32.1. The third kappa shape index (κ3) is 4.84. The maximum atomic E-state index is 5.39. The summed E-state index contributed by atoms with van der Waals surface area (Å²) in [5.74, 6) is 0. The summed E-state index contributed by atoms with van der Waals surface area (Å²) < 4.78 is 4.91. The number of anilines is 1. The van der Waals surface area contributed by atoms with Crippen LogP contribution in [0.15, 0.2) is 5.38 Å². The van der Waals surface area contributed by atoms with E-state index in [1.54, 1.807) is 7.11 Å². The fourth-order valence-electron chi connectivity index (χ4n) is 1.15. The summed E-state index contributed by atoms with van der Waals surface area (Å²) in [6, 6.07) is 0. The largest absolute Gasteiger partial charge is 0.490 e. The summed E-state index contributed by atoms with van der Waals surface area (Å²) in [7, 11) is 1.59. The molecule has 90 valence electrons. The van der Waals surface area contributed by atoms with E-state index in [0.717, 1.165) is 30.1 Å². The molecule has 7 heteroatoms. The zero-order chi connectivity index (χ0) is 12.0. The van der Waals surface area contributed by atoms with Crippen LogP contribution in [0.3, 0.4) is 0 Å². The van der Waals surface area contributed by atoms with Crippen molar-refractivity contribution in [2.24, 2.45) is 11.5 Å². The van der Waals surface area contributed by atoms with Gasteiger partial charge in [0.2, 0.25) is 0 Å². The molecule has 0 radical (unpaired) electrons. The van der Waals surface area contributed by atoms with Gasteiger partial charge in [0.1, 0.15) is 6.29 Å². The number of aromatic nitrogens is 1. The predicted octanol–water partition coefficient (Wildman–Crippen LogP) is 1.05. The highest BCUT2D eigenvalue weighted by Crippen LogP contribution is 2.16. The summed E-state index contributed by atoms with van der Waals surface area (Å²) >= 11 is 6.44. The molecule has 0 saturated heterocycles. The lowest BCUT2D eigenvalue weighted by molar-refractivity contribution is 0.400. The Balaban J connectivity index is 2.32. The van der Waals surface area contributed by atoms with E-state index in [2.05, 4.69) is 10.3 Å². The van der Waals surface area contributed by atoms with Gasteiger partial charge in [-0.05, 0) is 25.1 Å². The summed E-state index contributed by atoms with van der Waals surface area (Å²) in [4.78, 5) is 4.34. The molecule has 1 rings (SSSR count). The van der Waals surface area contributed by atoms with E-state index in [9.17, 15) is 0 Å². The van der Waals surface area contributed by atoms with Crippen LogP contribution in [-0.2, 0) is 11.2 Å². The fourth-order valence-corrected chi connectivity index (χ4v) is 2.08. The highest BCUT2D eigenvalue weighted by molar-refractivity contribution is 7.80. The van der Waals surface area contributed by atoms with Crippen molar-refractivity contribution in [2.75, 3.05) is 12.4 Å². The van der Waals surface area contributed by atoms with Crippen LogP contribution in [0.1, 0.15) is 18.5 Å². The molecule has 0 amide bonds. The second-order valence-corrected chi connectivity index (χ2v) is 4.56. The van der Waals surface area contributed by atoms with E-state index in [-0.39, 0.29) is 0 Å². The molecule has 0 aliphatic heterocycles. The monoisotopic (exact) mass is 260 g/mol. The van der Waals surface area contributed by atoms with Crippen LogP contribution >= 0.6 is 23.6 Å². The van der Waals surface area contributed by atoms with E-state index in [0.29, 0.717) is 5.05 Å². The van der Waals surface area contributed by atoms with E-state index >= 15 is 0 Å². The average Bonchev–Trinajstić information content (AvgIpc) is 2.64. The summed E-state index contributed by atoms with van der Waals surface area (Å²) in [6.07, 6.45) is 2.02. The predicted molar refractivity (Wildman–Crippen MR) is 70.4 cm³/mol. The zero-order valence-electron chi connectivity index (χ0n) is 9.10. The minimum atomic E-state index is -0.569. The van der Waals surface area contributed by atoms with Crippen molar-refractivity contribution in [3.63, 3.8) is 0 Å².